The minimum Gasteiger partial charge on any atom is -0.468 e. The zero-order chi connectivity index (χ0) is 18.9. The van der Waals surface area contributed by atoms with Crippen LogP contribution in [0.2, 0.25) is 0 Å². The number of halogens is 3. The summed E-state index contributed by atoms with van der Waals surface area (Å²) in [6, 6.07) is 8.66. The summed E-state index contributed by atoms with van der Waals surface area (Å²) in [4.78, 5) is 14.3. The highest BCUT2D eigenvalue weighted by Crippen LogP contribution is 2.48. The quantitative estimate of drug-likeness (QED) is 0.845. The zero-order valence-electron chi connectivity index (χ0n) is 14.6. The van der Waals surface area contributed by atoms with Crippen molar-refractivity contribution in [2.75, 3.05) is 20.6 Å². The van der Waals surface area contributed by atoms with Crippen LogP contribution in [0.5, 0.6) is 0 Å². The molecular weight excluding hydrogens is 345 g/mol. The number of amides is 1. The molecule has 26 heavy (non-hydrogen) atoms. The number of hydrogen-bond acceptors (Lipinski definition) is 3. The van der Waals surface area contributed by atoms with E-state index in [-0.39, 0.29) is 23.8 Å². The first kappa shape index (κ1) is 18.5. The van der Waals surface area contributed by atoms with E-state index in [1.807, 2.05) is 25.1 Å². The monoisotopic (exact) mass is 366 g/mol. The van der Waals surface area contributed by atoms with Crippen LogP contribution in [0.15, 0.2) is 47.1 Å². The molecule has 1 amide bonds. The van der Waals surface area contributed by atoms with E-state index in [1.165, 1.54) is 12.1 Å². The number of rotatable bonds is 6. The van der Waals surface area contributed by atoms with Crippen molar-refractivity contribution in [3.8, 4) is 0 Å². The van der Waals surface area contributed by atoms with Crippen LogP contribution < -0.4 is 5.32 Å². The highest BCUT2D eigenvalue weighted by Gasteiger charge is 2.44. The molecule has 1 aromatic carbocycles. The van der Waals surface area contributed by atoms with Crippen molar-refractivity contribution in [1.82, 2.24) is 10.2 Å². The largest absolute Gasteiger partial charge is 0.468 e. The summed E-state index contributed by atoms with van der Waals surface area (Å²) in [5.74, 6) is 0.489. The maximum atomic E-state index is 12.6. The lowest BCUT2D eigenvalue weighted by atomic mass is 10.1. The van der Waals surface area contributed by atoms with Gasteiger partial charge in [0.1, 0.15) is 5.76 Å². The molecule has 1 N–H and O–H groups in total. The second-order valence-electron chi connectivity index (χ2n) is 6.81. The summed E-state index contributed by atoms with van der Waals surface area (Å²) >= 11 is 0. The van der Waals surface area contributed by atoms with E-state index < -0.39 is 11.7 Å². The van der Waals surface area contributed by atoms with Crippen molar-refractivity contribution < 1.29 is 22.4 Å². The Labute approximate surface area is 150 Å². The van der Waals surface area contributed by atoms with Crippen molar-refractivity contribution in [2.24, 2.45) is 5.92 Å². The first-order valence-electron chi connectivity index (χ1n) is 8.42. The van der Waals surface area contributed by atoms with Crippen LogP contribution in [0, 0.1) is 5.92 Å². The number of furan rings is 1. The molecule has 0 aliphatic heterocycles. The van der Waals surface area contributed by atoms with Gasteiger partial charge in [0.05, 0.1) is 17.9 Å². The summed E-state index contributed by atoms with van der Waals surface area (Å²) in [5.41, 5.74) is 0.100. The molecule has 1 aliphatic rings. The molecular formula is C19H21F3N2O2. The van der Waals surface area contributed by atoms with Crippen LogP contribution in [-0.4, -0.2) is 31.4 Å². The molecule has 2 aromatic rings. The normalized spacial score (nSPS) is 20.8. The molecule has 1 saturated carbocycles. The number of carbonyl (C=O) groups is 1. The summed E-state index contributed by atoms with van der Waals surface area (Å²) in [5, 5.41) is 2.93. The Morgan fingerprint density at radius 2 is 1.96 bits per heavy atom. The summed E-state index contributed by atoms with van der Waals surface area (Å²) in [7, 11) is 3.81. The van der Waals surface area contributed by atoms with E-state index in [0.717, 1.165) is 23.5 Å². The van der Waals surface area contributed by atoms with Crippen molar-refractivity contribution in [3.63, 3.8) is 0 Å². The Morgan fingerprint density at radius 1 is 1.27 bits per heavy atom. The van der Waals surface area contributed by atoms with Gasteiger partial charge < -0.3 is 9.73 Å². The molecule has 7 heteroatoms. The molecule has 0 spiro atoms. The number of nitrogens with one attached hydrogen (secondary N) is 1. The van der Waals surface area contributed by atoms with Gasteiger partial charge in [0.15, 0.2) is 0 Å². The van der Waals surface area contributed by atoms with Gasteiger partial charge in [-0.2, -0.15) is 13.2 Å². The molecule has 0 radical (unpaired) electrons. The van der Waals surface area contributed by atoms with Crippen LogP contribution in [0.4, 0.5) is 13.2 Å². The average Bonchev–Trinajstić information content (AvgIpc) is 3.21. The number of nitrogens with zero attached hydrogens (tertiary/aromatic N) is 1. The van der Waals surface area contributed by atoms with E-state index in [1.54, 1.807) is 12.3 Å². The van der Waals surface area contributed by atoms with Gasteiger partial charge in [-0.25, -0.2) is 0 Å². The maximum absolute atomic E-state index is 12.6. The number of hydrogen-bond donors (Lipinski definition) is 1. The van der Waals surface area contributed by atoms with Crippen molar-refractivity contribution in [3.05, 3.63) is 59.5 Å². The lowest BCUT2D eigenvalue weighted by Gasteiger charge is -2.22. The maximum Gasteiger partial charge on any atom is 0.416 e. The third-order valence-corrected chi connectivity index (χ3v) is 4.76. The highest BCUT2D eigenvalue weighted by molar-refractivity contribution is 5.82. The van der Waals surface area contributed by atoms with Gasteiger partial charge in [-0.15, -0.1) is 0 Å². The minimum absolute atomic E-state index is 0.0151. The Kier molecular flexibility index (Phi) is 5.09. The number of benzene rings is 1. The van der Waals surface area contributed by atoms with E-state index in [9.17, 15) is 18.0 Å². The van der Waals surface area contributed by atoms with Gasteiger partial charge in [-0.1, -0.05) is 12.1 Å². The highest BCUT2D eigenvalue weighted by atomic mass is 19.4. The van der Waals surface area contributed by atoms with Crippen LogP contribution in [-0.2, 0) is 11.0 Å². The van der Waals surface area contributed by atoms with Crippen LogP contribution >= 0.6 is 0 Å². The SMILES string of the molecule is CN(C)C(CNC(=O)C1CC1c1ccc(C(F)(F)F)cc1)c1ccco1. The molecule has 0 saturated heterocycles. The average molecular weight is 366 g/mol. The molecule has 3 unspecified atom stereocenters. The van der Waals surface area contributed by atoms with Crippen LogP contribution in [0.1, 0.15) is 35.3 Å². The first-order valence-corrected chi connectivity index (χ1v) is 8.42. The van der Waals surface area contributed by atoms with Gasteiger partial charge in [-0.05, 0) is 56.3 Å². The number of likely N-dealkylation sites (N-methyl/N-ethyl adjacent to an activating group) is 1. The first-order chi connectivity index (χ1) is 12.3. The molecule has 1 aromatic heterocycles. The van der Waals surface area contributed by atoms with Crippen molar-refractivity contribution in [1.29, 1.82) is 0 Å². The van der Waals surface area contributed by atoms with Gasteiger partial charge in [0.25, 0.3) is 0 Å². The third kappa shape index (κ3) is 4.09. The van der Waals surface area contributed by atoms with E-state index in [2.05, 4.69) is 5.32 Å². The van der Waals surface area contributed by atoms with Crippen LogP contribution in [0.25, 0.3) is 0 Å². The van der Waals surface area contributed by atoms with Crippen molar-refractivity contribution in [2.45, 2.75) is 24.6 Å². The molecule has 0 bridgehead atoms. The van der Waals surface area contributed by atoms with E-state index in [0.29, 0.717) is 13.0 Å². The smallest absolute Gasteiger partial charge is 0.416 e. The lowest BCUT2D eigenvalue weighted by molar-refractivity contribution is -0.137. The molecule has 140 valence electrons. The Balaban J connectivity index is 1.56. The lowest BCUT2D eigenvalue weighted by Crippen LogP contribution is -2.35. The van der Waals surface area contributed by atoms with Gasteiger partial charge in [0, 0.05) is 12.5 Å². The molecule has 4 nitrogen and oxygen atoms in total. The van der Waals surface area contributed by atoms with Gasteiger partial charge >= 0.3 is 6.18 Å². The fourth-order valence-corrected chi connectivity index (χ4v) is 3.12. The predicted molar refractivity (Wildman–Crippen MR) is 90.4 cm³/mol. The zero-order valence-corrected chi connectivity index (χ0v) is 14.6. The second-order valence-corrected chi connectivity index (χ2v) is 6.81. The van der Waals surface area contributed by atoms with Crippen molar-refractivity contribution >= 4 is 5.91 Å². The molecule has 3 atom stereocenters. The second kappa shape index (κ2) is 7.15. The Hall–Kier alpha value is -2.28. The van der Waals surface area contributed by atoms with Gasteiger partial charge in [-0.3, -0.25) is 9.69 Å². The summed E-state index contributed by atoms with van der Waals surface area (Å²) < 4.78 is 43.3. The molecule has 1 fully saturated rings. The Morgan fingerprint density at radius 3 is 2.50 bits per heavy atom. The fourth-order valence-electron chi connectivity index (χ4n) is 3.12. The topological polar surface area (TPSA) is 45.5 Å². The molecule has 1 heterocycles. The van der Waals surface area contributed by atoms with Crippen LogP contribution in [0.3, 0.4) is 0 Å². The van der Waals surface area contributed by atoms with E-state index in [4.69, 9.17) is 4.42 Å². The fraction of sp³-hybridized carbons (Fsp3) is 0.421. The minimum atomic E-state index is -4.34. The number of alkyl halides is 3. The Bertz CT molecular complexity index is 739. The molecule has 1 aliphatic carbocycles. The molecule has 3 rings (SSSR count). The summed E-state index contributed by atoms with van der Waals surface area (Å²) in [6.07, 6.45) is -2.09. The predicted octanol–water partition coefficient (Wildman–Crippen LogP) is 3.82. The third-order valence-electron chi connectivity index (χ3n) is 4.76. The van der Waals surface area contributed by atoms with Gasteiger partial charge in [0.2, 0.25) is 5.91 Å². The summed E-state index contributed by atoms with van der Waals surface area (Å²) in [6.45, 7) is 0.412. The number of carbonyl (C=O) groups excluding carboxylic acids is 1. The van der Waals surface area contributed by atoms with E-state index >= 15 is 0 Å². The standard InChI is InChI=1S/C19H21F3N2O2/c1-24(2)16(17-4-3-9-26-17)11-23-18(25)15-10-14(15)12-5-7-13(8-6-12)19(20,21)22/h3-9,14-16H,10-11H2,1-2H3,(H,23,25).